The Balaban J connectivity index is 1.47. The number of thiophene rings is 1. The van der Waals surface area contributed by atoms with E-state index in [-0.39, 0.29) is 43.0 Å². The van der Waals surface area contributed by atoms with Gasteiger partial charge in [-0.15, -0.1) is 11.3 Å². The van der Waals surface area contributed by atoms with Gasteiger partial charge in [-0.2, -0.15) is 0 Å². The highest BCUT2D eigenvalue weighted by Crippen LogP contribution is 2.22. The highest BCUT2D eigenvalue weighted by Gasteiger charge is 2.38. The lowest BCUT2D eigenvalue weighted by atomic mass is 10.1. The van der Waals surface area contributed by atoms with Gasteiger partial charge in [0.2, 0.25) is 0 Å². The third-order valence-electron chi connectivity index (χ3n) is 5.78. The fourth-order valence-electron chi connectivity index (χ4n) is 3.92. The number of likely N-dealkylation sites (tertiary alicyclic amines) is 1. The monoisotopic (exact) mass is 542 g/mol. The van der Waals surface area contributed by atoms with Gasteiger partial charge < -0.3 is 20.3 Å². The lowest BCUT2D eigenvalue weighted by Gasteiger charge is -2.20. The van der Waals surface area contributed by atoms with Gasteiger partial charge >= 0.3 is 6.09 Å². The van der Waals surface area contributed by atoms with Crippen molar-refractivity contribution >= 4 is 40.8 Å². The molecule has 2 N–H and O–H groups in total. The Morgan fingerprint density at radius 1 is 1.00 bits per heavy atom. The Bertz CT molecular complexity index is 1340. The molecule has 0 aliphatic carbocycles. The molecule has 37 heavy (non-hydrogen) atoms. The Morgan fingerprint density at radius 3 is 2.27 bits per heavy atom. The van der Waals surface area contributed by atoms with Crippen molar-refractivity contribution in [1.29, 1.82) is 0 Å². The number of halogens is 1. The van der Waals surface area contributed by atoms with Crippen molar-refractivity contribution in [3.8, 4) is 5.69 Å². The minimum Gasteiger partial charge on any atom is -0.449 e. The first-order valence-electron chi connectivity index (χ1n) is 11.8. The predicted molar refractivity (Wildman–Crippen MR) is 142 cm³/mol. The van der Waals surface area contributed by atoms with Crippen molar-refractivity contribution in [3.05, 3.63) is 85.9 Å². The van der Waals surface area contributed by atoms with Crippen LogP contribution >= 0.6 is 22.9 Å². The van der Waals surface area contributed by atoms with Crippen LogP contribution in [0.15, 0.2) is 65.6 Å². The molecular formula is C26H27ClN4O5S. The molecule has 3 heterocycles. The molecule has 1 aliphatic heterocycles. The minimum atomic E-state index is -0.546. The Morgan fingerprint density at radius 2 is 1.68 bits per heavy atom. The molecular weight excluding hydrogens is 516 g/mol. The lowest BCUT2D eigenvalue weighted by Crippen LogP contribution is -2.50. The summed E-state index contributed by atoms with van der Waals surface area (Å²) in [5.41, 5.74) is 0.825. The van der Waals surface area contributed by atoms with Crippen LogP contribution in [-0.2, 0) is 4.74 Å². The van der Waals surface area contributed by atoms with E-state index in [9.17, 15) is 19.2 Å². The number of rotatable bonds is 7. The van der Waals surface area contributed by atoms with Gasteiger partial charge in [0.15, 0.2) is 0 Å². The number of amides is 3. The zero-order valence-corrected chi connectivity index (χ0v) is 21.9. The predicted octanol–water partition coefficient (Wildman–Crippen LogP) is 3.56. The van der Waals surface area contributed by atoms with Crippen molar-refractivity contribution < 1.29 is 19.1 Å². The molecule has 2 aromatic heterocycles. The van der Waals surface area contributed by atoms with Crippen LogP contribution in [-0.4, -0.2) is 59.2 Å². The number of hydrogen-bond donors (Lipinski definition) is 2. The number of nitrogens with zero attached hydrogens (tertiary/aromatic N) is 2. The number of carbonyl (C=O) groups is 3. The molecule has 1 aromatic carbocycles. The van der Waals surface area contributed by atoms with E-state index in [4.69, 9.17) is 16.3 Å². The molecule has 11 heteroatoms. The summed E-state index contributed by atoms with van der Waals surface area (Å²) in [5, 5.41) is 5.85. The third kappa shape index (κ3) is 6.58. The van der Waals surface area contributed by atoms with Crippen LogP contribution in [0.2, 0.25) is 4.34 Å². The lowest BCUT2D eigenvalue weighted by molar-refractivity contribution is 0.0898. The second-order valence-electron chi connectivity index (χ2n) is 9.10. The van der Waals surface area contributed by atoms with Gasteiger partial charge in [-0.1, -0.05) is 31.5 Å². The van der Waals surface area contributed by atoms with E-state index < -0.39 is 18.2 Å². The maximum atomic E-state index is 13.1. The van der Waals surface area contributed by atoms with Crippen molar-refractivity contribution in [2.45, 2.75) is 25.9 Å². The second kappa shape index (κ2) is 11.6. The largest absolute Gasteiger partial charge is 0.449 e. The van der Waals surface area contributed by atoms with Crippen LogP contribution in [0.25, 0.3) is 5.69 Å². The molecule has 2 unspecified atom stereocenters. The van der Waals surface area contributed by atoms with Crippen LogP contribution in [0.3, 0.4) is 0 Å². The van der Waals surface area contributed by atoms with Gasteiger partial charge in [0.25, 0.3) is 17.4 Å². The number of benzene rings is 1. The van der Waals surface area contributed by atoms with E-state index in [1.165, 1.54) is 15.5 Å². The highest BCUT2D eigenvalue weighted by atomic mass is 35.5. The Labute approximate surface area is 223 Å². The molecule has 0 radical (unpaired) electrons. The van der Waals surface area contributed by atoms with Crippen LogP contribution in [0.5, 0.6) is 0 Å². The standard InChI is InChI=1S/C26H27ClN4O5S/c1-16(2)15-36-26(35)30-13-19(20(14-30)29-25(34)21-10-11-22(27)37-21)28-24(33)17-6-8-18(9-7-17)31-12-4-3-5-23(31)32/h3-12,16,19-20H,13-15H2,1-2H3,(H,28,33)(H,29,34). The maximum absolute atomic E-state index is 13.1. The molecule has 9 nitrogen and oxygen atoms in total. The van der Waals surface area contributed by atoms with Crippen LogP contribution in [0.1, 0.15) is 33.9 Å². The topological polar surface area (TPSA) is 110 Å². The number of carbonyl (C=O) groups excluding carboxylic acids is 3. The number of ether oxygens (including phenoxy) is 1. The molecule has 2 atom stereocenters. The zero-order chi connectivity index (χ0) is 26.5. The minimum absolute atomic E-state index is 0.177. The van der Waals surface area contributed by atoms with Gasteiger partial charge in [0, 0.05) is 36.6 Å². The van der Waals surface area contributed by atoms with Crippen LogP contribution < -0.4 is 16.2 Å². The summed E-state index contributed by atoms with van der Waals surface area (Å²) in [4.78, 5) is 52.4. The zero-order valence-electron chi connectivity index (χ0n) is 20.3. The van der Waals surface area contributed by atoms with Gasteiger partial charge in [0.05, 0.1) is 27.9 Å². The van der Waals surface area contributed by atoms with E-state index >= 15 is 0 Å². The molecule has 3 amide bonds. The maximum Gasteiger partial charge on any atom is 0.409 e. The number of hydrogen-bond acceptors (Lipinski definition) is 6. The summed E-state index contributed by atoms with van der Waals surface area (Å²) in [5.74, 6) is -0.528. The van der Waals surface area contributed by atoms with E-state index in [1.807, 2.05) is 13.8 Å². The summed E-state index contributed by atoms with van der Waals surface area (Å²) in [6, 6.07) is 13.6. The molecule has 1 saturated heterocycles. The number of pyridine rings is 1. The first-order valence-corrected chi connectivity index (χ1v) is 13.0. The average molecular weight is 543 g/mol. The second-order valence-corrected chi connectivity index (χ2v) is 10.8. The molecule has 3 aromatic rings. The highest BCUT2D eigenvalue weighted by molar-refractivity contribution is 7.18. The summed E-state index contributed by atoms with van der Waals surface area (Å²) in [6.07, 6.45) is 1.15. The first kappa shape index (κ1) is 26.4. The SMILES string of the molecule is CC(C)COC(=O)N1CC(NC(=O)c2ccc(-n3ccccc3=O)cc2)C(NC(=O)c2ccc(Cl)s2)C1. The Hall–Kier alpha value is -3.63. The molecule has 1 aliphatic rings. The Kier molecular flexibility index (Phi) is 8.30. The summed E-state index contributed by atoms with van der Waals surface area (Å²) in [7, 11) is 0. The molecule has 1 fully saturated rings. The number of aromatic nitrogens is 1. The molecule has 0 saturated carbocycles. The van der Waals surface area contributed by atoms with E-state index in [1.54, 1.807) is 54.7 Å². The van der Waals surface area contributed by atoms with Crippen LogP contribution in [0.4, 0.5) is 4.79 Å². The smallest absolute Gasteiger partial charge is 0.409 e. The van der Waals surface area contributed by atoms with Crippen LogP contribution in [0, 0.1) is 5.92 Å². The van der Waals surface area contributed by atoms with E-state index in [0.29, 0.717) is 20.5 Å². The molecule has 194 valence electrons. The van der Waals surface area contributed by atoms with Gasteiger partial charge in [-0.25, -0.2) is 4.79 Å². The summed E-state index contributed by atoms with van der Waals surface area (Å²) < 4.78 is 7.31. The third-order valence-corrected chi connectivity index (χ3v) is 7.01. The van der Waals surface area contributed by atoms with Crippen molar-refractivity contribution in [2.75, 3.05) is 19.7 Å². The molecule has 4 rings (SSSR count). The van der Waals surface area contributed by atoms with Crippen molar-refractivity contribution in [1.82, 2.24) is 20.1 Å². The van der Waals surface area contributed by atoms with Crippen molar-refractivity contribution in [3.63, 3.8) is 0 Å². The van der Waals surface area contributed by atoms with E-state index in [0.717, 1.165) is 11.3 Å². The van der Waals surface area contributed by atoms with Gasteiger partial charge in [-0.3, -0.25) is 19.0 Å². The van der Waals surface area contributed by atoms with Gasteiger partial charge in [0.1, 0.15) is 0 Å². The number of nitrogens with one attached hydrogen (secondary N) is 2. The molecule has 0 bridgehead atoms. The first-order chi connectivity index (χ1) is 17.7. The molecule has 0 spiro atoms. The van der Waals surface area contributed by atoms with Gasteiger partial charge in [-0.05, 0) is 48.4 Å². The normalized spacial score (nSPS) is 17.0. The van der Waals surface area contributed by atoms with E-state index in [2.05, 4.69) is 10.6 Å². The quantitative estimate of drug-likeness (QED) is 0.474. The fraction of sp³-hybridized carbons (Fsp3) is 0.308. The van der Waals surface area contributed by atoms with Crippen molar-refractivity contribution in [2.24, 2.45) is 5.92 Å². The fourth-order valence-corrected chi connectivity index (χ4v) is 4.86. The summed E-state index contributed by atoms with van der Waals surface area (Å²) in [6.45, 7) is 4.51. The summed E-state index contributed by atoms with van der Waals surface area (Å²) >= 11 is 7.11. The average Bonchev–Trinajstić information content (AvgIpc) is 3.49.